The fourth-order valence-corrected chi connectivity index (χ4v) is 2.04. The summed E-state index contributed by atoms with van der Waals surface area (Å²) < 4.78 is 0. The topological polar surface area (TPSA) is 37.8 Å². The summed E-state index contributed by atoms with van der Waals surface area (Å²) in [5.74, 6) is 0.791. The van der Waals surface area contributed by atoms with E-state index in [0.29, 0.717) is 0 Å². The van der Waals surface area contributed by atoms with Crippen molar-refractivity contribution in [3.8, 4) is 0 Å². The third-order valence-corrected chi connectivity index (χ3v) is 2.44. The van der Waals surface area contributed by atoms with Crippen molar-refractivity contribution >= 4 is 17.4 Å². The van der Waals surface area contributed by atoms with E-state index in [9.17, 15) is 0 Å². The molecule has 0 aliphatic rings. The van der Waals surface area contributed by atoms with Gasteiger partial charge in [0.1, 0.15) is 5.82 Å². The van der Waals surface area contributed by atoms with Gasteiger partial charge in [0, 0.05) is 6.54 Å². The van der Waals surface area contributed by atoms with Crippen LogP contribution in [-0.2, 0) is 0 Å². The zero-order valence-corrected chi connectivity index (χ0v) is 11.2. The number of hydrogen-bond acceptors (Lipinski definition) is 3. The molecule has 1 heterocycles. The monoisotopic (exact) mass is 241 g/mol. The standard InChI is InChI=1S/C12H20ClN3/c1-9-5-11(16-15-7-9)14-8-10(13)6-12(2,3)4/h5,7,10H,6,8H2,1-4H3,(H,14,16). The first-order valence-corrected chi connectivity index (χ1v) is 5.98. The number of nitrogens with one attached hydrogen (secondary N) is 1. The molecule has 1 aromatic heterocycles. The second kappa shape index (κ2) is 5.48. The van der Waals surface area contributed by atoms with Crippen LogP contribution in [0.3, 0.4) is 0 Å². The number of halogens is 1. The van der Waals surface area contributed by atoms with Crippen LogP contribution in [0, 0.1) is 12.3 Å². The molecule has 4 heteroatoms. The maximum absolute atomic E-state index is 6.24. The summed E-state index contributed by atoms with van der Waals surface area (Å²) in [6, 6.07) is 1.97. The molecule has 1 atom stereocenters. The highest BCUT2D eigenvalue weighted by atomic mass is 35.5. The molecular formula is C12H20ClN3. The second-order valence-corrected chi connectivity index (χ2v) is 5.98. The predicted molar refractivity (Wildman–Crippen MR) is 69.0 cm³/mol. The molecule has 0 bridgehead atoms. The van der Waals surface area contributed by atoms with E-state index in [1.807, 2.05) is 13.0 Å². The lowest BCUT2D eigenvalue weighted by atomic mass is 9.90. The number of hydrogen-bond donors (Lipinski definition) is 1. The van der Waals surface area contributed by atoms with Gasteiger partial charge in [-0.1, -0.05) is 20.8 Å². The molecule has 0 spiro atoms. The molecule has 1 aromatic rings. The van der Waals surface area contributed by atoms with Crippen LogP contribution in [0.1, 0.15) is 32.8 Å². The average molecular weight is 242 g/mol. The Bertz CT molecular complexity index is 333. The van der Waals surface area contributed by atoms with Crippen LogP contribution in [0.5, 0.6) is 0 Å². The van der Waals surface area contributed by atoms with Crippen molar-refractivity contribution in [1.82, 2.24) is 10.2 Å². The SMILES string of the molecule is Cc1cnnc(NCC(Cl)CC(C)(C)C)c1. The maximum atomic E-state index is 6.24. The molecule has 0 saturated heterocycles. The molecule has 0 aromatic carbocycles. The second-order valence-electron chi connectivity index (χ2n) is 5.36. The Labute approximate surface area is 103 Å². The minimum Gasteiger partial charge on any atom is -0.367 e. The number of aromatic nitrogens is 2. The molecule has 0 radical (unpaired) electrons. The first-order valence-electron chi connectivity index (χ1n) is 5.54. The van der Waals surface area contributed by atoms with Crippen molar-refractivity contribution in [2.75, 3.05) is 11.9 Å². The van der Waals surface area contributed by atoms with E-state index in [1.165, 1.54) is 0 Å². The van der Waals surface area contributed by atoms with E-state index in [4.69, 9.17) is 11.6 Å². The van der Waals surface area contributed by atoms with Gasteiger partial charge in [0.25, 0.3) is 0 Å². The van der Waals surface area contributed by atoms with Crippen molar-refractivity contribution in [2.24, 2.45) is 5.41 Å². The molecule has 16 heavy (non-hydrogen) atoms. The van der Waals surface area contributed by atoms with Crippen molar-refractivity contribution in [3.05, 3.63) is 17.8 Å². The Kier molecular flexibility index (Phi) is 4.54. The summed E-state index contributed by atoms with van der Waals surface area (Å²) in [7, 11) is 0. The van der Waals surface area contributed by atoms with Crippen LogP contribution < -0.4 is 5.32 Å². The van der Waals surface area contributed by atoms with Crippen molar-refractivity contribution in [3.63, 3.8) is 0 Å². The van der Waals surface area contributed by atoms with Gasteiger partial charge in [0.15, 0.2) is 0 Å². The molecule has 90 valence electrons. The zero-order chi connectivity index (χ0) is 12.2. The number of rotatable bonds is 4. The van der Waals surface area contributed by atoms with E-state index in [1.54, 1.807) is 6.20 Å². The highest BCUT2D eigenvalue weighted by Gasteiger charge is 2.16. The van der Waals surface area contributed by atoms with Crippen LogP contribution in [-0.4, -0.2) is 22.1 Å². The fraction of sp³-hybridized carbons (Fsp3) is 0.667. The van der Waals surface area contributed by atoms with Gasteiger partial charge in [-0.15, -0.1) is 16.7 Å². The van der Waals surface area contributed by atoms with Crippen LogP contribution in [0.2, 0.25) is 0 Å². The van der Waals surface area contributed by atoms with Crippen LogP contribution in [0.15, 0.2) is 12.3 Å². The number of alkyl halides is 1. The summed E-state index contributed by atoms with van der Waals surface area (Å²) in [6.07, 6.45) is 2.71. The Hall–Kier alpha value is -0.830. The first kappa shape index (κ1) is 13.2. The third-order valence-electron chi connectivity index (χ3n) is 2.13. The van der Waals surface area contributed by atoms with Crippen molar-refractivity contribution < 1.29 is 0 Å². The maximum Gasteiger partial charge on any atom is 0.148 e. The quantitative estimate of drug-likeness (QED) is 0.823. The highest BCUT2D eigenvalue weighted by Crippen LogP contribution is 2.23. The zero-order valence-electron chi connectivity index (χ0n) is 10.4. The summed E-state index contributed by atoms with van der Waals surface area (Å²) in [4.78, 5) is 0. The molecule has 0 fully saturated rings. The summed E-state index contributed by atoms with van der Waals surface area (Å²) in [6.45, 7) is 9.28. The number of anilines is 1. The Morgan fingerprint density at radius 1 is 1.44 bits per heavy atom. The van der Waals surface area contributed by atoms with Gasteiger partial charge < -0.3 is 5.32 Å². The molecule has 1 unspecified atom stereocenters. The van der Waals surface area contributed by atoms with Crippen molar-refractivity contribution in [1.29, 1.82) is 0 Å². The van der Waals surface area contributed by atoms with Crippen LogP contribution in [0.4, 0.5) is 5.82 Å². The summed E-state index contributed by atoms with van der Waals surface area (Å²) in [5, 5.41) is 11.2. The Morgan fingerprint density at radius 3 is 2.69 bits per heavy atom. The Balaban J connectivity index is 2.40. The first-order chi connectivity index (χ1) is 7.37. The van der Waals surface area contributed by atoms with E-state index < -0.39 is 0 Å². The molecule has 0 amide bonds. The summed E-state index contributed by atoms with van der Waals surface area (Å²) in [5.41, 5.74) is 1.35. The van der Waals surface area contributed by atoms with Gasteiger partial charge in [-0.3, -0.25) is 0 Å². The fourth-order valence-electron chi connectivity index (χ4n) is 1.50. The third kappa shape index (κ3) is 5.31. The normalized spacial score (nSPS) is 13.6. The minimum absolute atomic E-state index is 0.113. The van der Waals surface area contributed by atoms with Crippen molar-refractivity contribution in [2.45, 2.75) is 39.5 Å². The van der Waals surface area contributed by atoms with E-state index in [2.05, 4.69) is 36.3 Å². The molecule has 0 aliphatic heterocycles. The summed E-state index contributed by atoms with van der Waals surface area (Å²) >= 11 is 6.24. The molecular weight excluding hydrogens is 222 g/mol. The number of aryl methyl sites for hydroxylation is 1. The molecule has 1 N–H and O–H groups in total. The van der Waals surface area contributed by atoms with Gasteiger partial charge in [-0.25, -0.2) is 0 Å². The minimum atomic E-state index is 0.113. The van der Waals surface area contributed by atoms with Gasteiger partial charge in [-0.2, -0.15) is 5.10 Å². The highest BCUT2D eigenvalue weighted by molar-refractivity contribution is 6.20. The molecule has 0 aliphatic carbocycles. The van der Waals surface area contributed by atoms with Gasteiger partial charge >= 0.3 is 0 Å². The van der Waals surface area contributed by atoms with E-state index in [0.717, 1.165) is 24.3 Å². The molecule has 3 nitrogen and oxygen atoms in total. The van der Waals surface area contributed by atoms with Gasteiger partial charge in [-0.05, 0) is 30.4 Å². The van der Waals surface area contributed by atoms with Gasteiger partial charge in [0.2, 0.25) is 0 Å². The average Bonchev–Trinajstić information content (AvgIpc) is 2.12. The lowest BCUT2D eigenvalue weighted by Crippen LogP contribution is -2.21. The van der Waals surface area contributed by atoms with Gasteiger partial charge in [0.05, 0.1) is 11.6 Å². The van der Waals surface area contributed by atoms with E-state index >= 15 is 0 Å². The number of nitrogens with zero attached hydrogens (tertiary/aromatic N) is 2. The Morgan fingerprint density at radius 2 is 2.12 bits per heavy atom. The molecule has 0 saturated carbocycles. The lowest BCUT2D eigenvalue weighted by Gasteiger charge is -2.22. The lowest BCUT2D eigenvalue weighted by molar-refractivity contribution is 0.373. The molecule has 1 rings (SSSR count). The van der Waals surface area contributed by atoms with Crippen LogP contribution in [0.25, 0.3) is 0 Å². The predicted octanol–water partition coefficient (Wildman–Crippen LogP) is 3.24. The largest absolute Gasteiger partial charge is 0.367 e. The van der Waals surface area contributed by atoms with Crippen LogP contribution >= 0.6 is 11.6 Å². The smallest absolute Gasteiger partial charge is 0.148 e. The van der Waals surface area contributed by atoms with E-state index in [-0.39, 0.29) is 10.8 Å².